The first-order chi connectivity index (χ1) is 5.70. The molecule has 0 saturated heterocycles. The predicted molar refractivity (Wildman–Crippen MR) is 49.0 cm³/mol. The van der Waals surface area contributed by atoms with Crippen molar-refractivity contribution in [2.75, 3.05) is 0 Å². The number of nitrogens with zero attached hydrogens (tertiary/aromatic N) is 2. The summed E-state index contributed by atoms with van der Waals surface area (Å²) < 4.78 is 2.21. The van der Waals surface area contributed by atoms with E-state index in [1.54, 1.807) is 23.9 Å². The van der Waals surface area contributed by atoms with Crippen LogP contribution in [-0.2, 0) is 7.05 Å². The summed E-state index contributed by atoms with van der Waals surface area (Å²) in [5, 5.41) is 0. The van der Waals surface area contributed by atoms with Gasteiger partial charge in [-0.25, -0.2) is 9.78 Å². The molecule has 5 heteroatoms. The molecule has 0 amide bonds. The lowest BCUT2D eigenvalue weighted by molar-refractivity contribution is 0.891. The number of fused-ring (bicyclic) bond motifs is 1. The molecular weight excluding hydrogens is 222 g/mol. The van der Waals surface area contributed by atoms with E-state index < -0.39 is 0 Å². The van der Waals surface area contributed by atoms with Gasteiger partial charge in [-0.1, -0.05) is 0 Å². The summed E-state index contributed by atoms with van der Waals surface area (Å²) >= 11 is 3.25. The van der Waals surface area contributed by atoms with Crippen molar-refractivity contribution in [3.8, 4) is 0 Å². The highest BCUT2D eigenvalue weighted by molar-refractivity contribution is 9.10. The molecule has 0 aromatic carbocycles. The highest BCUT2D eigenvalue weighted by Crippen LogP contribution is 2.16. The Balaban J connectivity index is 3.05. The molecule has 0 bridgehead atoms. The number of pyridine rings is 1. The SMILES string of the molecule is Cn1c(=O)[nH]c2c(Br)nccc21. The molecule has 0 aliphatic rings. The van der Waals surface area contributed by atoms with Crippen LogP contribution in [0.2, 0.25) is 0 Å². The molecule has 2 aromatic rings. The zero-order chi connectivity index (χ0) is 8.72. The summed E-state index contributed by atoms with van der Waals surface area (Å²) in [5.41, 5.74) is 1.46. The maximum absolute atomic E-state index is 11.1. The average Bonchev–Trinajstić information content (AvgIpc) is 2.32. The van der Waals surface area contributed by atoms with E-state index in [0.717, 1.165) is 11.0 Å². The summed E-state index contributed by atoms with van der Waals surface area (Å²) in [6.45, 7) is 0. The lowest BCUT2D eigenvalue weighted by Gasteiger charge is -1.92. The normalized spacial score (nSPS) is 10.8. The minimum absolute atomic E-state index is 0.126. The van der Waals surface area contributed by atoms with Crippen LogP contribution < -0.4 is 5.69 Å². The largest absolute Gasteiger partial charge is 0.326 e. The van der Waals surface area contributed by atoms with Gasteiger partial charge in [-0.05, 0) is 22.0 Å². The Kier molecular flexibility index (Phi) is 1.54. The monoisotopic (exact) mass is 227 g/mol. The van der Waals surface area contributed by atoms with E-state index >= 15 is 0 Å². The number of H-pyrrole nitrogens is 1. The van der Waals surface area contributed by atoms with Gasteiger partial charge >= 0.3 is 5.69 Å². The fourth-order valence-corrected chi connectivity index (χ4v) is 1.54. The van der Waals surface area contributed by atoms with E-state index in [4.69, 9.17) is 0 Å². The number of aryl methyl sites for hydroxylation is 1. The molecule has 0 atom stereocenters. The van der Waals surface area contributed by atoms with Crippen LogP contribution in [0.4, 0.5) is 0 Å². The number of hydrogen-bond donors (Lipinski definition) is 1. The van der Waals surface area contributed by atoms with Crippen molar-refractivity contribution in [1.82, 2.24) is 14.5 Å². The van der Waals surface area contributed by atoms with Crippen molar-refractivity contribution in [3.63, 3.8) is 0 Å². The molecule has 0 saturated carbocycles. The minimum Gasteiger partial charge on any atom is -0.303 e. The van der Waals surface area contributed by atoms with E-state index in [9.17, 15) is 4.79 Å². The zero-order valence-corrected chi connectivity index (χ0v) is 7.92. The van der Waals surface area contributed by atoms with Gasteiger partial charge in [0.25, 0.3) is 0 Å². The van der Waals surface area contributed by atoms with Gasteiger partial charge in [0.05, 0.1) is 11.0 Å². The van der Waals surface area contributed by atoms with Gasteiger partial charge in [0.1, 0.15) is 4.60 Å². The molecule has 0 spiro atoms. The predicted octanol–water partition coefficient (Wildman–Crippen LogP) is 1.02. The van der Waals surface area contributed by atoms with Gasteiger partial charge in [-0.3, -0.25) is 4.57 Å². The van der Waals surface area contributed by atoms with Crippen molar-refractivity contribution >= 4 is 27.0 Å². The van der Waals surface area contributed by atoms with Gasteiger partial charge in [-0.15, -0.1) is 0 Å². The van der Waals surface area contributed by atoms with E-state index in [1.165, 1.54) is 0 Å². The molecule has 2 rings (SSSR count). The van der Waals surface area contributed by atoms with Crippen molar-refractivity contribution in [3.05, 3.63) is 27.4 Å². The Morgan fingerprint density at radius 1 is 1.67 bits per heavy atom. The third-order valence-electron chi connectivity index (χ3n) is 1.78. The van der Waals surface area contributed by atoms with Crippen molar-refractivity contribution in [2.24, 2.45) is 7.05 Å². The molecule has 2 heterocycles. The Morgan fingerprint density at radius 2 is 2.42 bits per heavy atom. The highest BCUT2D eigenvalue weighted by Gasteiger charge is 2.05. The molecule has 0 unspecified atom stereocenters. The van der Waals surface area contributed by atoms with Crippen LogP contribution in [0.15, 0.2) is 21.7 Å². The number of nitrogens with one attached hydrogen (secondary N) is 1. The molecule has 62 valence electrons. The number of hydrogen-bond acceptors (Lipinski definition) is 2. The molecule has 1 N–H and O–H groups in total. The number of halogens is 1. The number of aromatic nitrogens is 3. The lowest BCUT2D eigenvalue weighted by atomic mass is 10.4. The zero-order valence-electron chi connectivity index (χ0n) is 6.34. The molecule has 12 heavy (non-hydrogen) atoms. The van der Waals surface area contributed by atoms with Crippen molar-refractivity contribution < 1.29 is 0 Å². The molecule has 0 aliphatic carbocycles. The first-order valence-electron chi connectivity index (χ1n) is 3.39. The third-order valence-corrected chi connectivity index (χ3v) is 2.38. The summed E-state index contributed by atoms with van der Waals surface area (Å²) in [5.74, 6) is 0. The van der Waals surface area contributed by atoms with Gasteiger partial charge in [0.15, 0.2) is 0 Å². The van der Waals surface area contributed by atoms with Gasteiger partial charge < -0.3 is 4.98 Å². The number of imidazole rings is 1. The molecule has 0 fully saturated rings. The maximum Gasteiger partial charge on any atom is 0.326 e. The number of rotatable bonds is 0. The van der Waals surface area contributed by atoms with Crippen LogP contribution in [0, 0.1) is 0 Å². The van der Waals surface area contributed by atoms with E-state index in [-0.39, 0.29) is 5.69 Å². The summed E-state index contributed by atoms with van der Waals surface area (Å²) in [7, 11) is 1.72. The summed E-state index contributed by atoms with van der Waals surface area (Å²) in [6.07, 6.45) is 1.65. The average molecular weight is 228 g/mol. The second-order valence-corrected chi connectivity index (χ2v) is 3.24. The van der Waals surface area contributed by atoms with Gasteiger partial charge in [0.2, 0.25) is 0 Å². The minimum atomic E-state index is -0.126. The molecule has 2 aromatic heterocycles. The Bertz CT molecular complexity index is 485. The van der Waals surface area contributed by atoms with E-state index in [1.807, 2.05) is 0 Å². The molecule has 4 nitrogen and oxygen atoms in total. The van der Waals surface area contributed by atoms with E-state index in [2.05, 4.69) is 25.9 Å². The van der Waals surface area contributed by atoms with Crippen LogP contribution >= 0.6 is 15.9 Å². The third kappa shape index (κ3) is 0.896. The van der Waals surface area contributed by atoms with Crippen molar-refractivity contribution in [1.29, 1.82) is 0 Å². The molecule has 0 aliphatic heterocycles. The van der Waals surface area contributed by atoms with Crippen LogP contribution in [0.5, 0.6) is 0 Å². The fourth-order valence-electron chi connectivity index (χ4n) is 1.12. The standard InChI is InChI=1S/C7H6BrN3O/c1-11-4-2-3-9-6(8)5(4)10-7(11)12/h2-3H,1H3,(H,10,12). The fraction of sp³-hybridized carbons (Fsp3) is 0.143. The molecule has 0 radical (unpaired) electrons. The highest BCUT2D eigenvalue weighted by atomic mass is 79.9. The Labute approximate surface area is 76.4 Å². The Morgan fingerprint density at radius 3 is 3.08 bits per heavy atom. The molecular formula is C7H6BrN3O. The van der Waals surface area contributed by atoms with Crippen LogP contribution in [-0.4, -0.2) is 14.5 Å². The van der Waals surface area contributed by atoms with Gasteiger partial charge in [-0.2, -0.15) is 0 Å². The van der Waals surface area contributed by atoms with Crippen LogP contribution in [0.25, 0.3) is 11.0 Å². The summed E-state index contributed by atoms with van der Waals surface area (Å²) in [6, 6.07) is 1.79. The lowest BCUT2D eigenvalue weighted by Crippen LogP contribution is -2.11. The second kappa shape index (κ2) is 2.45. The van der Waals surface area contributed by atoms with Crippen LogP contribution in [0.3, 0.4) is 0 Å². The maximum atomic E-state index is 11.1. The Hall–Kier alpha value is -1.10. The van der Waals surface area contributed by atoms with E-state index in [0.29, 0.717) is 4.60 Å². The quantitative estimate of drug-likeness (QED) is 0.684. The van der Waals surface area contributed by atoms with Crippen LogP contribution in [0.1, 0.15) is 0 Å². The van der Waals surface area contributed by atoms with Crippen molar-refractivity contribution in [2.45, 2.75) is 0 Å². The number of aromatic amines is 1. The second-order valence-electron chi connectivity index (χ2n) is 2.49. The summed E-state index contributed by atoms with van der Waals surface area (Å²) in [4.78, 5) is 17.8. The van der Waals surface area contributed by atoms with Gasteiger partial charge in [0, 0.05) is 13.2 Å². The topological polar surface area (TPSA) is 50.7 Å². The first-order valence-corrected chi connectivity index (χ1v) is 4.18. The smallest absolute Gasteiger partial charge is 0.303 e. The first kappa shape index (κ1) is 7.54.